The largest absolute Gasteiger partial charge is 0.402 e. The molecular formula is C16H22N5O3+. The van der Waals surface area contributed by atoms with Gasteiger partial charge in [0.15, 0.2) is 0 Å². The first kappa shape index (κ1) is 16.4. The van der Waals surface area contributed by atoms with Gasteiger partial charge in [-0.15, -0.1) is 6.58 Å². The van der Waals surface area contributed by atoms with E-state index >= 15 is 0 Å². The Morgan fingerprint density at radius 3 is 2.71 bits per heavy atom. The first-order valence-electron chi connectivity index (χ1n) is 7.82. The second kappa shape index (κ2) is 5.86. The van der Waals surface area contributed by atoms with Gasteiger partial charge in [-0.25, -0.2) is 13.9 Å². The lowest BCUT2D eigenvalue weighted by molar-refractivity contribution is -0.690. The number of urea groups is 1. The number of carbonyl (C=O) groups is 2. The van der Waals surface area contributed by atoms with Crippen LogP contribution < -0.4 is 4.57 Å². The van der Waals surface area contributed by atoms with Crippen LogP contribution in [0.2, 0.25) is 0 Å². The Morgan fingerprint density at radius 2 is 2.08 bits per heavy atom. The molecule has 0 bridgehead atoms. The normalized spacial score (nSPS) is 19.5. The molecule has 24 heavy (non-hydrogen) atoms. The molecule has 3 rings (SSSR count). The first-order chi connectivity index (χ1) is 11.4. The van der Waals surface area contributed by atoms with Crippen molar-refractivity contribution < 1.29 is 18.9 Å². The van der Waals surface area contributed by atoms with Crippen LogP contribution in [0.5, 0.6) is 0 Å². The van der Waals surface area contributed by atoms with Gasteiger partial charge in [-0.3, -0.25) is 14.6 Å². The van der Waals surface area contributed by atoms with Crippen molar-refractivity contribution in [1.29, 1.82) is 0 Å². The zero-order valence-corrected chi connectivity index (χ0v) is 14.4. The summed E-state index contributed by atoms with van der Waals surface area (Å²) in [5.41, 5.74) is 1.99. The third-order valence-corrected chi connectivity index (χ3v) is 4.66. The van der Waals surface area contributed by atoms with Gasteiger partial charge in [-0.05, 0) is 13.8 Å². The number of likely N-dealkylation sites (N-methyl/N-ethyl adjacent to an activating group) is 1. The molecule has 0 saturated carbocycles. The molecular weight excluding hydrogens is 310 g/mol. The Balaban J connectivity index is 2.12. The number of amidine groups is 1. The number of ether oxygens (including phenoxy) is 1. The van der Waals surface area contributed by atoms with Crippen LogP contribution in [0.4, 0.5) is 10.7 Å². The number of fused-ring (bicyclic) bond motifs is 3. The van der Waals surface area contributed by atoms with E-state index in [1.54, 1.807) is 20.2 Å². The number of methoxy groups -OCH3 is 1. The molecule has 1 fully saturated rings. The third-order valence-electron chi connectivity index (χ3n) is 4.66. The number of nitrogens with zero attached hydrogens (tertiary/aromatic N) is 5. The van der Waals surface area contributed by atoms with Crippen molar-refractivity contribution in [2.24, 2.45) is 4.99 Å². The van der Waals surface area contributed by atoms with Crippen molar-refractivity contribution in [1.82, 2.24) is 14.4 Å². The minimum atomic E-state index is -0.606. The van der Waals surface area contributed by atoms with Crippen LogP contribution in [-0.2, 0) is 16.1 Å². The van der Waals surface area contributed by atoms with E-state index in [-0.39, 0.29) is 18.5 Å². The third kappa shape index (κ3) is 2.10. The van der Waals surface area contributed by atoms with E-state index in [1.807, 2.05) is 23.0 Å². The SMILES string of the molecule is C=CCN1C(=O)C2C(=Nc3n2c(C)c(C)[n+]3CCOC)N(C)C1=O. The predicted octanol–water partition coefficient (Wildman–Crippen LogP) is 0.704. The molecule has 0 radical (unpaired) electrons. The van der Waals surface area contributed by atoms with Crippen LogP contribution in [0.15, 0.2) is 17.6 Å². The van der Waals surface area contributed by atoms with Crippen molar-refractivity contribution >= 4 is 23.7 Å². The van der Waals surface area contributed by atoms with Gasteiger partial charge in [-0.1, -0.05) is 11.1 Å². The summed E-state index contributed by atoms with van der Waals surface area (Å²) in [6.07, 6.45) is 1.55. The molecule has 3 heterocycles. The molecule has 0 aromatic carbocycles. The molecule has 0 spiro atoms. The summed E-state index contributed by atoms with van der Waals surface area (Å²) in [7, 11) is 3.29. The number of carbonyl (C=O) groups excluding carboxylic acids is 2. The fraction of sp³-hybridized carbons (Fsp3) is 0.500. The van der Waals surface area contributed by atoms with Crippen molar-refractivity contribution in [3.8, 4) is 0 Å². The summed E-state index contributed by atoms with van der Waals surface area (Å²) in [4.78, 5) is 32.6. The van der Waals surface area contributed by atoms with Gasteiger partial charge in [0.25, 0.3) is 5.91 Å². The molecule has 0 N–H and O–H groups in total. The standard InChI is InChI=1S/C16H22N5O3/c1-6-7-20-14(22)12-13(18(4)16(20)23)17-15-19(8-9-24-5)10(2)11(3)21(12)15/h6,12H,1,7-9H2,2-5H3/q+1. The van der Waals surface area contributed by atoms with E-state index < -0.39 is 6.04 Å². The van der Waals surface area contributed by atoms with Crippen LogP contribution in [0.3, 0.4) is 0 Å². The van der Waals surface area contributed by atoms with Crippen LogP contribution in [-0.4, -0.2) is 59.4 Å². The van der Waals surface area contributed by atoms with E-state index in [4.69, 9.17) is 4.74 Å². The number of imidazole rings is 1. The molecule has 8 heteroatoms. The van der Waals surface area contributed by atoms with Crippen molar-refractivity contribution in [3.63, 3.8) is 0 Å². The highest BCUT2D eigenvalue weighted by molar-refractivity contribution is 6.20. The van der Waals surface area contributed by atoms with Gasteiger partial charge < -0.3 is 4.74 Å². The lowest BCUT2D eigenvalue weighted by atomic mass is 10.1. The van der Waals surface area contributed by atoms with E-state index in [0.29, 0.717) is 24.9 Å². The Morgan fingerprint density at radius 1 is 1.38 bits per heavy atom. The zero-order chi connectivity index (χ0) is 17.6. The summed E-state index contributed by atoms with van der Waals surface area (Å²) in [5.74, 6) is 0.873. The minimum Gasteiger partial charge on any atom is -0.381 e. The number of imide groups is 1. The van der Waals surface area contributed by atoms with E-state index in [0.717, 1.165) is 11.4 Å². The molecule has 8 nitrogen and oxygen atoms in total. The maximum Gasteiger partial charge on any atom is 0.402 e. The van der Waals surface area contributed by atoms with Crippen LogP contribution >= 0.6 is 0 Å². The number of amides is 3. The zero-order valence-electron chi connectivity index (χ0n) is 14.4. The molecule has 1 aromatic rings. The summed E-state index contributed by atoms with van der Waals surface area (Å²) in [6, 6.07) is -0.983. The number of aliphatic imine (C=N–C) groups is 1. The van der Waals surface area contributed by atoms with Gasteiger partial charge in [0.05, 0.1) is 13.2 Å². The fourth-order valence-corrected chi connectivity index (χ4v) is 3.25. The highest BCUT2D eigenvalue weighted by atomic mass is 16.5. The summed E-state index contributed by atoms with van der Waals surface area (Å²) >= 11 is 0. The van der Waals surface area contributed by atoms with E-state index in [1.165, 1.54) is 9.80 Å². The van der Waals surface area contributed by atoms with Crippen molar-refractivity contribution in [2.45, 2.75) is 26.4 Å². The van der Waals surface area contributed by atoms with E-state index in [2.05, 4.69) is 11.6 Å². The fourth-order valence-electron chi connectivity index (χ4n) is 3.25. The molecule has 0 aliphatic carbocycles. The molecule has 1 atom stereocenters. The number of aromatic nitrogens is 2. The number of rotatable bonds is 5. The monoisotopic (exact) mass is 332 g/mol. The Bertz CT molecular complexity index is 764. The molecule has 128 valence electrons. The Hall–Kier alpha value is -2.48. The smallest absolute Gasteiger partial charge is 0.381 e. The van der Waals surface area contributed by atoms with Crippen molar-refractivity contribution in [3.05, 3.63) is 24.0 Å². The van der Waals surface area contributed by atoms with Gasteiger partial charge in [0.2, 0.25) is 11.9 Å². The van der Waals surface area contributed by atoms with Gasteiger partial charge in [0.1, 0.15) is 11.4 Å². The van der Waals surface area contributed by atoms with Crippen molar-refractivity contribution in [2.75, 3.05) is 27.3 Å². The molecule has 1 unspecified atom stereocenters. The topological polar surface area (TPSA) is 71.0 Å². The molecule has 1 saturated heterocycles. The maximum atomic E-state index is 12.9. The lowest BCUT2D eigenvalue weighted by Gasteiger charge is -2.32. The Labute approximate surface area is 140 Å². The van der Waals surface area contributed by atoms with Crippen LogP contribution in [0.25, 0.3) is 0 Å². The highest BCUT2D eigenvalue weighted by Gasteiger charge is 2.53. The first-order valence-corrected chi connectivity index (χ1v) is 7.82. The molecule has 2 aliphatic heterocycles. The summed E-state index contributed by atoms with van der Waals surface area (Å²) < 4.78 is 9.09. The maximum absolute atomic E-state index is 12.9. The quantitative estimate of drug-likeness (QED) is 0.589. The average Bonchev–Trinajstić information content (AvgIpc) is 3.05. The van der Waals surface area contributed by atoms with Gasteiger partial charge >= 0.3 is 12.0 Å². The lowest BCUT2D eigenvalue weighted by Crippen LogP contribution is -2.57. The second-order valence-corrected chi connectivity index (χ2v) is 5.94. The van der Waals surface area contributed by atoms with Gasteiger partial charge in [-0.2, -0.15) is 0 Å². The molecule has 2 aliphatic rings. The predicted molar refractivity (Wildman–Crippen MR) is 87.2 cm³/mol. The summed E-state index contributed by atoms with van der Waals surface area (Å²) in [5, 5.41) is 0. The minimum absolute atomic E-state index is 0.185. The van der Waals surface area contributed by atoms with Crippen LogP contribution in [0, 0.1) is 13.8 Å². The second-order valence-electron chi connectivity index (χ2n) is 5.94. The Kier molecular flexibility index (Phi) is 4.00. The average molecular weight is 332 g/mol. The van der Waals surface area contributed by atoms with Gasteiger partial charge in [0, 0.05) is 20.7 Å². The molecule has 1 aromatic heterocycles. The van der Waals surface area contributed by atoms with Crippen LogP contribution in [0.1, 0.15) is 17.4 Å². The highest BCUT2D eigenvalue weighted by Crippen LogP contribution is 2.34. The van der Waals surface area contributed by atoms with E-state index in [9.17, 15) is 9.59 Å². The number of hydrogen-bond acceptors (Lipinski definition) is 4. The molecule has 3 amide bonds. The summed E-state index contributed by atoms with van der Waals surface area (Å²) in [6.45, 7) is 8.95. The number of hydrogen-bond donors (Lipinski definition) is 0.